The van der Waals surface area contributed by atoms with Crippen molar-refractivity contribution in [2.45, 2.75) is 115 Å². The zero-order valence-electron chi connectivity index (χ0n) is 20.6. The molecule has 0 heterocycles. The Bertz CT molecular complexity index is 742. The van der Waals surface area contributed by atoms with E-state index in [2.05, 4.69) is 19.1 Å². The van der Waals surface area contributed by atoms with Crippen molar-refractivity contribution in [1.29, 1.82) is 0 Å². The third kappa shape index (κ3) is 8.09. The molecule has 0 unspecified atom stereocenters. The van der Waals surface area contributed by atoms with E-state index in [1.54, 1.807) is 0 Å². The highest BCUT2D eigenvalue weighted by Gasteiger charge is 2.38. The van der Waals surface area contributed by atoms with E-state index in [9.17, 15) is 22.0 Å². The van der Waals surface area contributed by atoms with Crippen molar-refractivity contribution in [2.24, 2.45) is 17.8 Å². The van der Waals surface area contributed by atoms with Crippen molar-refractivity contribution in [2.75, 3.05) is 0 Å². The van der Waals surface area contributed by atoms with Gasteiger partial charge in [-0.2, -0.15) is 13.2 Å². The van der Waals surface area contributed by atoms with Crippen LogP contribution in [0.2, 0.25) is 0 Å². The Kier molecular flexibility index (Phi) is 10.5. The molecular formula is C29H41F5. The minimum Gasteiger partial charge on any atom is -0.206 e. The molecule has 0 N–H and O–H groups in total. The summed E-state index contributed by atoms with van der Waals surface area (Å²) in [5.74, 6) is -1.06. The van der Waals surface area contributed by atoms with Gasteiger partial charge in [0.05, 0.1) is 0 Å². The van der Waals surface area contributed by atoms with Gasteiger partial charge in [-0.3, -0.25) is 0 Å². The van der Waals surface area contributed by atoms with Gasteiger partial charge in [-0.25, -0.2) is 8.78 Å². The van der Waals surface area contributed by atoms with Gasteiger partial charge in [-0.05, 0) is 92.7 Å². The Hall–Kier alpha value is -1.39. The Morgan fingerprint density at radius 2 is 1.24 bits per heavy atom. The van der Waals surface area contributed by atoms with Crippen LogP contribution in [0, 0.1) is 29.4 Å². The van der Waals surface area contributed by atoms with E-state index in [0.29, 0.717) is 17.4 Å². The van der Waals surface area contributed by atoms with E-state index in [0.717, 1.165) is 43.7 Å². The number of alkyl halides is 3. The second-order valence-corrected chi connectivity index (χ2v) is 10.7. The number of hydrogen-bond donors (Lipinski definition) is 0. The van der Waals surface area contributed by atoms with Crippen molar-refractivity contribution >= 4 is 0 Å². The predicted octanol–water partition coefficient (Wildman–Crippen LogP) is 10.4. The van der Waals surface area contributed by atoms with Crippen LogP contribution in [-0.4, -0.2) is 0 Å². The minimum atomic E-state index is -5.01. The van der Waals surface area contributed by atoms with Crippen molar-refractivity contribution in [3.8, 4) is 0 Å². The number of allylic oxidation sites excluding steroid dienone is 2. The molecule has 3 rings (SSSR count). The van der Waals surface area contributed by atoms with E-state index >= 15 is 0 Å². The quantitative estimate of drug-likeness (QED) is 0.176. The van der Waals surface area contributed by atoms with Crippen LogP contribution in [0.3, 0.4) is 0 Å². The van der Waals surface area contributed by atoms with E-state index in [1.165, 1.54) is 70.6 Å². The maximum absolute atomic E-state index is 14.0. The van der Waals surface area contributed by atoms with Crippen LogP contribution < -0.4 is 0 Å². The van der Waals surface area contributed by atoms with Crippen molar-refractivity contribution in [1.82, 2.24) is 0 Å². The van der Waals surface area contributed by atoms with Crippen LogP contribution in [0.5, 0.6) is 0 Å². The Labute approximate surface area is 202 Å². The van der Waals surface area contributed by atoms with Crippen LogP contribution in [0.15, 0.2) is 24.3 Å². The second-order valence-electron chi connectivity index (χ2n) is 10.7. The maximum Gasteiger partial charge on any atom is 0.422 e. The Morgan fingerprint density at radius 1 is 0.735 bits per heavy atom. The van der Waals surface area contributed by atoms with Gasteiger partial charge in [-0.15, -0.1) is 0 Å². The summed E-state index contributed by atoms with van der Waals surface area (Å²) in [6.07, 6.45) is 17.9. The summed E-state index contributed by atoms with van der Waals surface area (Å²) in [6.45, 7) is 2.26. The molecule has 2 fully saturated rings. The van der Waals surface area contributed by atoms with Gasteiger partial charge in [0.2, 0.25) is 0 Å². The van der Waals surface area contributed by atoms with Gasteiger partial charge < -0.3 is 0 Å². The topological polar surface area (TPSA) is 0 Å². The summed E-state index contributed by atoms with van der Waals surface area (Å²) < 4.78 is 66.3. The molecule has 1 aromatic carbocycles. The zero-order valence-corrected chi connectivity index (χ0v) is 20.6. The molecule has 2 aliphatic carbocycles. The summed E-state index contributed by atoms with van der Waals surface area (Å²) in [4.78, 5) is 0. The van der Waals surface area contributed by atoms with E-state index < -0.39 is 23.4 Å². The standard InChI is InChI=1S/C29H41F5/c1-2-3-4-5-6-7-8-21-9-11-22(12-10-21)13-14-23-15-17-24(18-16-23)25-19-26(30)28(27(31)20-25)29(32,33)34/h13-14,19-24H,2-12,15-18H2,1H3/b14-13+/t21-,22-,23-,24-. The molecule has 5 heteroatoms. The summed E-state index contributed by atoms with van der Waals surface area (Å²) in [6, 6.07) is 1.77. The number of unbranched alkanes of at least 4 members (excludes halogenated alkanes) is 5. The molecule has 0 saturated heterocycles. The molecule has 192 valence electrons. The van der Waals surface area contributed by atoms with E-state index in [1.807, 2.05) is 0 Å². The lowest BCUT2D eigenvalue weighted by molar-refractivity contribution is -0.142. The van der Waals surface area contributed by atoms with E-state index in [-0.39, 0.29) is 5.92 Å². The van der Waals surface area contributed by atoms with E-state index in [4.69, 9.17) is 0 Å². The second kappa shape index (κ2) is 13.1. The van der Waals surface area contributed by atoms with Crippen LogP contribution in [0.1, 0.15) is 120 Å². The van der Waals surface area contributed by atoms with Gasteiger partial charge in [0, 0.05) is 0 Å². The fourth-order valence-electron chi connectivity index (χ4n) is 5.94. The van der Waals surface area contributed by atoms with Crippen LogP contribution in [-0.2, 0) is 6.18 Å². The predicted molar refractivity (Wildman–Crippen MR) is 129 cm³/mol. The number of rotatable bonds is 10. The average Bonchev–Trinajstić information content (AvgIpc) is 2.79. The average molecular weight is 485 g/mol. The van der Waals surface area contributed by atoms with Gasteiger partial charge in [0.1, 0.15) is 17.2 Å². The van der Waals surface area contributed by atoms with Gasteiger partial charge in [0.25, 0.3) is 0 Å². The SMILES string of the molecule is CCCCCCCC[C@H]1CC[C@H](/C=C/[C@H]2CC[C@H](c3cc(F)c(C(F)(F)F)c(F)c3)CC2)CC1. The fraction of sp³-hybridized carbons (Fsp3) is 0.724. The highest BCUT2D eigenvalue weighted by Crippen LogP contribution is 2.40. The molecule has 0 nitrogen and oxygen atoms in total. The molecule has 0 bridgehead atoms. The molecule has 0 radical (unpaired) electrons. The normalized spacial score (nSPS) is 26.3. The van der Waals surface area contributed by atoms with Gasteiger partial charge in [-0.1, -0.05) is 64.0 Å². The van der Waals surface area contributed by atoms with Crippen molar-refractivity contribution < 1.29 is 22.0 Å². The molecule has 0 atom stereocenters. The largest absolute Gasteiger partial charge is 0.422 e. The lowest BCUT2D eigenvalue weighted by Crippen LogP contribution is -2.16. The molecule has 0 aromatic heterocycles. The van der Waals surface area contributed by atoms with Crippen molar-refractivity contribution in [3.63, 3.8) is 0 Å². The first-order chi connectivity index (χ1) is 16.3. The third-order valence-corrected chi connectivity index (χ3v) is 8.10. The highest BCUT2D eigenvalue weighted by atomic mass is 19.4. The van der Waals surface area contributed by atoms with Gasteiger partial charge in [0.15, 0.2) is 0 Å². The van der Waals surface area contributed by atoms with Crippen LogP contribution in [0.4, 0.5) is 22.0 Å². The lowest BCUT2D eigenvalue weighted by Gasteiger charge is -2.29. The first kappa shape index (κ1) is 27.2. The molecule has 2 saturated carbocycles. The summed E-state index contributed by atoms with van der Waals surface area (Å²) in [5, 5.41) is 0. The monoisotopic (exact) mass is 484 g/mol. The summed E-state index contributed by atoms with van der Waals surface area (Å²) >= 11 is 0. The Balaban J connectivity index is 1.38. The highest BCUT2D eigenvalue weighted by molar-refractivity contribution is 5.31. The third-order valence-electron chi connectivity index (χ3n) is 8.10. The molecule has 0 amide bonds. The smallest absolute Gasteiger partial charge is 0.206 e. The first-order valence-corrected chi connectivity index (χ1v) is 13.5. The lowest BCUT2D eigenvalue weighted by atomic mass is 9.76. The van der Waals surface area contributed by atoms with Gasteiger partial charge >= 0.3 is 6.18 Å². The molecule has 0 spiro atoms. The number of benzene rings is 1. The zero-order chi connectivity index (χ0) is 24.6. The fourth-order valence-corrected chi connectivity index (χ4v) is 5.94. The van der Waals surface area contributed by atoms with Crippen molar-refractivity contribution in [3.05, 3.63) is 47.0 Å². The van der Waals surface area contributed by atoms with Crippen LogP contribution >= 0.6 is 0 Å². The number of halogens is 5. The number of hydrogen-bond acceptors (Lipinski definition) is 0. The summed E-state index contributed by atoms with van der Waals surface area (Å²) in [5.41, 5.74) is -1.43. The van der Waals surface area contributed by atoms with Crippen LogP contribution in [0.25, 0.3) is 0 Å². The molecule has 2 aliphatic rings. The molecule has 34 heavy (non-hydrogen) atoms. The first-order valence-electron chi connectivity index (χ1n) is 13.5. The molecular weight excluding hydrogens is 443 g/mol. The molecule has 0 aliphatic heterocycles. The summed E-state index contributed by atoms with van der Waals surface area (Å²) in [7, 11) is 0. The molecule has 1 aromatic rings. The Morgan fingerprint density at radius 3 is 1.76 bits per heavy atom. The minimum absolute atomic E-state index is 0.0756. The maximum atomic E-state index is 14.0.